The van der Waals surface area contributed by atoms with Crippen molar-refractivity contribution < 1.29 is 4.79 Å². The van der Waals surface area contributed by atoms with E-state index in [1.807, 2.05) is 0 Å². The van der Waals surface area contributed by atoms with Crippen LogP contribution >= 0.6 is 11.3 Å². The molecule has 1 aliphatic carbocycles. The maximum Gasteiger partial charge on any atom is 0.194 e. The van der Waals surface area contributed by atoms with Crippen molar-refractivity contribution in [3.05, 3.63) is 70.5 Å². The lowest BCUT2D eigenvalue weighted by atomic mass is 10.0. The van der Waals surface area contributed by atoms with E-state index in [0.29, 0.717) is 6.42 Å². The number of aryl methyl sites for hydroxylation is 3. The Morgan fingerprint density at radius 1 is 1.04 bits per heavy atom. The van der Waals surface area contributed by atoms with Crippen molar-refractivity contribution in [2.24, 2.45) is 0 Å². The van der Waals surface area contributed by atoms with Crippen LogP contribution in [0.1, 0.15) is 52.3 Å². The number of Topliss-reactive ketones (excluding diaryl/α,β-unsaturated/α-hetero) is 1. The Kier molecular flexibility index (Phi) is 4.29. The second-order valence-electron chi connectivity index (χ2n) is 7.40. The molecule has 5 rings (SSSR count). The van der Waals surface area contributed by atoms with Gasteiger partial charge in [-0.15, -0.1) is 11.3 Å². The van der Waals surface area contributed by atoms with Gasteiger partial charge >= 0.3 is 0 Å². The van der Waals surface area contributed by atoms with E-state index in [1.165, 1.54) is 46.2 Å². The highest BCUT2D eigenvalue weighted by atomic mass is 32.1. The van der Waals surface area contributed by atoms with Crippen molar-refractivity contribution in [1.29, 1.82) is 0 Å². The fourth-order valence-electron chi connectivity index (χ4n) is 4.14. The molecule has 4 aromatic rings. The highest BCUT2D eigenvalue weighted by Gasteiger charge is 2.21. The van der Waals surface area contributed by atoms with E-state index in [1.54, 1.807) is 17.5 Å². The Morgan fingerprint density at radius 2 is 1.89 bits per heavy atom. The van der Waals surface area contributed by atoms with E-state index in [2.05, 4.69) is 51.8 Å². The number of nitrogens with zero attached hydrogens (tertiary/aromatic N) is 2. The third-order valence-corrected chi connectivity index (χ3v) is 6.75. The first-order valence-corrected chi connectivity index (χ1v) is 10.6. The molecule has 3 nitrogen and oxygen atoms in total. The van der Waals surface area contributed by atoms with Gasteiger partial charge in [0.15, 0.2) is 10.7 Å². The smallest absolute Gasteiger partial charge is 0.194 e. The third kappa shape index (κ3) is 3.08. The number of thiazole rings is 1. The van der Waals surface area contributed by atoms with Crippen molar-refractivity contribution in [2.45, 2.75) is 44.9 Å². The number of carbonyl (C=O) groups excluding carboxylic acids is 1. The largest absolute Gasteiger partial charge is 0.292 e. The minimum absolute atomic E-state index is 0.195. The molecule has 27 heavy (non-hydrogen) atoms. The highest BCUT2D eigenvalue weighted by molar-refractivity contribution is 7.17. The molecule has 0 N–H and O–H groups in total. The molecule has 4 heteroatoms. The lowest BCUT2D eigenvalue weighted by Gasteiger charge is -2.05. The van der Waals surface area contributed by atoms with Gasteiger partial charge in [0.2, 0.25) is 0 Å². The maximum absolute atomic E-state index is 13.0. The summed E-state index contributed by atoms with van der Waals surface area (Å²) in [5.41, 5.74) is 3.32. The predicted molar refractivity (Wildman–Crippen MR) is 111 cm³/mol. The highest BCUT2D eigenvalue weighted by Crippen LogP contribution is 2.30. The van der Waals surface area contributed by atoms with Crippen LogP contribution in [0.5, 0.6) is 0 Å². The Bertz CT molecular complexity index is 1140. The lowest BCUT2D eigenvalue weighted by Crippen LogP contribution is -2.07. The number of carbonyl (C=O) groups is 1. The summed E-state index contributed by atoms with van der Waals surface area (Å²) in [6, 6.07) is 14.8. The van der Waals surface area contributed by atoms with Crippen molar-refractivity contribution in [2.75, 3.05) is 0 Å². The van der Waals surface area contributed by atoms with Gasteiger partial charge in [0, 0.05) is 17.0 Å². The van der Waals surface area contributed by atoms with Crippen LogP contribution in [0.4, 0.5) is 0 Å². The normalized spacial score (nSPS) is 14.4. The van der Waals surface area contributed by atoms with Crippen molar-refractivity contribution in [1.82, 2.24) is 9.38 Å². The molecule has 0 fully saturated rings. The Balaban J connectivity index is 1.39. The number of hydrogen-bond donors (Lipinski definition) is 0. The molecule has 1 aliphatic rings. The number of benzene rings is 2. The van der Waals surface area contributed by atoms with Crippen LogP contribution in [-0.2, 0) is 19.3 Å². The average molecular weight is 375 g/mol. The zero-order valence-corrected chi connectivity index (χ0v) is 16.1. The monoisotopic (exact) mass is 374 g/mol. The van der Waals surface area contributed by atoms with Crippen LogP contribution < -0.4 is 0 Å². The summed E-state index contributed by atoms with van der Waals surface area (Å²) in [4.78, 5) is 19.9. The van der Waals surface area contributed by atoms with Crippen molar-refractivity contribution in [3.8, 4) is 0 Å². The van der Waals surface area contributed by atoms with E-state index >= 15 is 0 Å². The molecule has 0 unspecified atom stereocenters. The van der Waals surface area contributed by atoms with Crippen LogP contribution in [0, 0.1) is 0 Å². The summed E-state index contributed by atoms with van der Waals surface area (Å²) in [6.45, 7) is 0. The number of imidazole rings is 1. The molecule has 0 bridgehead atoms. The molecule has 136 valence electrons. The number of fused-ring (bicyclic) bond motifs is 4. The minimum Gasteiger partial charge on any atom is -0.292 e. The summed E-state index contributed by atoms with van der Waals surface area (Å²) in [5, 5.41) is 2.48. The first-order valence-electron chi connectivity index (χ1n) is 9.78. The number of ketones is 1. The summed E-state index contributed by atoms with van der Waals surface area (Å²) < 4.78 is 2.15. The topological polar surface area (TPSA) is 34.4 Å². The van der Waals surface area contributed by atoms with E-state index < -0.39 is 0 Å². The standard InChI is InChI=1S/C23H22N2OS/c26-21(13-11-16-10-12-17-6-4-5-7-18(17)14-16)20-15-24-23-25(20)19-8-2-1-3-9-22(19)27-23/h4-7,10,12,14-15H,1-3,8-9,11,13H2. The Labute approximate surface area is 162 Å². The molecule has 0 spiro atoms. The van der Waals surface area contributed by atoms with Gasteiger partial charge in [0.25, 0.3) is 0 Å². The zero-order chi connectivity index (χ0) is 18.2. The fourth-order valence-corrected chi connectivity index (χ4v) is 5.32. The predicted octanol–water partition coefficient (Wildman–Crippen LogP) is 5.63. The van der Waals surface area contributed by atoms with Crippen LogP contribution in [0.2, 0.25) is 0 Å². The second-order valence-corrected chi connectivity index (χ2v) is 8.46. The second kappa shape index (κ2) is 6.93. The molecule has 0 atom stereocenters. The molecule has 0 radical (unpaired) electrons. The first-order chi connectivity index (χ1) is 13.3. The summed E-state index contributed by atoms with van der Waals surface area (Å²) >= 11 is 1.77. The molecule has 0 amide bonds. The van der Waals surface area contributed by atoms with Gasteiger partial charge in [-0.2, -0.15) is 0 Å². The Hall–Kier alpha value is -2.46. The van der Waals surface area contributed by atoms with Gasteiger partial charge < -0.3 is 0 Å². The molecular formula is C23H22N2OS. The quantitative estimate of drug-likeness (QED) is 0.342. The van der Waals surface area contributed by atoms with Gasteiger partial charge in [-0.3, -0.25) is 9.20 Å². The molecule has 0 aliphatic heterocycles. The lowest BCUT2D eigenvalue weighted by molar-refractivity contribution is 0.0977. The molecule has 0 saturated carbocycles. The minimum atomic E-state index is 0.195. The van der Waals surface area contributed by atoms with Gasteiger partial charge in [-0.25, -0.2) is 4.98 Å². The van der Waals surface area contributed by atoms with E-state index in [9.17, 15) is 4.79 Å². The van der Waals surface area contributed by atoms with E-state index in [-0.39, 0.29) is 5.78 Å². The summed E-state index contributed by atoms with van der Waals surface area (Å²) in [7, 11) is 0. The number of aromatic nitrogens is 2. The number of hydrogen-bond acceptors (Lipinski definition) is 3. The maximum atomic E-state index is 13.0. The van der Waals surface area contributed by atoms with Crippen molar-refractivity contribution >= 4 is 32.9 Å². The zero-order valence-electron chi connectivity index (χ0n) is 15.3. The SMILES string of the molecule is O=C(CCc1ccc2ccccc2c1)c1cnc2sc3c(n12)CCCCC3. The van der Waals surface area contributed by atoms with Crippen molar-refractivity contribution in [3.63, 3.8) is 0 Å². The van der Waals surface area contributed by atoms with Crippen LogP contribution in [0.25, 0.3) is 15.7 Å². The van der Waals surface area contributed by atoms with Gasteiger partial charge in [0.1, 0.15) is 5.69 Å². The Morgan fingerprint density at radius 3 is 2.81 bits per heavy atom. The van der Waals surface area contributed by atoms with Gasteiger partial charge in [0.05, 0.1) is 6.20 Å². The van der Waals surface area contributed by atoms with Crippen LogP contribution in [0.3, 0.4) is 0 Å². The molecule has 2 aromatic carbocycles. The average Bonchev–Trinajstić information content (AvgIpc) is 3.17. The number of rotatable bonds is 4. The third-order valence-electron chi connectivity index (χ3n) is 5.59. The van der Waals surface area contributed by atoms with Crippen LogP contribution in [0.15, 0.2) is 48.7 Å². The molecule has 0 saturated heterocycles. The van der Waals surface area contributed by atoms with E-state index in [4.69, 9.17) is 0 Å². The van der Waals surface area contributed by atoms with Crippen LogP contribution in [-0.4, -0.2) is 15.2 Å². The molecular weight excluding hydrogens is 352 g/mol. The molecule has 2 heterocycles. The first kappa shape index (κ1) is 16.7. The summed E-state index contributed by atoms with van der Waals surface area (Å²) in [6.07, 6.45) is 9.01. The van der Waals surface area contributed by atoms with Gasteiger partial charge in [-0.1, -0.05) is 48.9 Å². The van der Waals surface area contributed by atoms with Gasteiger partial charge in [-0.05, 0) is 48.4 Å². The summed E-state index contributed by atoms with van der Waals surface area (Å²) in [5.74, 6) is 0.195. The van der Waals surface area contributed by atoms with E-state index in [0.717, 1.165) is 29.9 Å². The fraction of sp³-hybridized carbons (Fsp3) is 0.304. The molecule has 2 aromatic heterocycles.